The van der Waals surface area contributed by atoms with Crippen molar-refractivity contribution < 1.29 is 126 Å². The van der Waals surface area contributed by atoms with Crippen LogP contribution in [0.3, 0.4) is 0 Å². The number of hydrogen-bond acceptors (Lipinski definition) is 4. The number of carbonyl (C=O) groups is 2. The monoisotopic (exact) mass is 548 g/mol. The molecule has 0 aliphatic heterocycles. The zero-order valence-corrected chi connectivity index (χ0v) is 29.6. The Hall–Kier alpha value is 2.29. The van der Waals surface area contributed by atoms with Crippen LogP contribution >= 0.6 is 0 Å². The summed E-state index contributed by atoms with van der Waals surface area (Å²) in [6.45, 7) is 31.8. The molecule has 0 spiro atoms. The van der Waals surface area contributed by atoms with Crippen LogP contribution in [0, 0.1) is 21.7 Å². The van der Waals surface area contributed by atoms with Crippen molar-refractivity contribution in [3.63, 3.8) is 0 Å². The van der Waals surface area contributed by atoms with Crippen molar-refractivity contribution in [2.75, 3.05) is 26.2 Å². The van der Waals surface area contributed by atoms with Gasteiger partial charge in [-0.25, -0.2) is 0 Å². The molecular formula is C26H62K2N2O4-2. The van der Waals surface area contributed by atoms with Crippen molar-refractivity contribution in [3.05, 3.63) is 10.6 Å². The maximum Gasteiger partial charge on any atom is 1.00 e. The van der Waals surface area contributed by atoms with Crippen molar-refractivity contribution in [2.45, 2.75) is 112 Å². The van der Waals surface area contributed by atoms with Gasteiger partial charge < -0.3 is 30.8 Å². The van der Waals surface area contributed by atoms with Gasteiger partial charge in [0.1, 0.15) is 7.63 Å². The van der Waals surface area contributed by atoms with Gasteiger partial charge in [0.05, 0.1) is 1.37 Å². The third-order valence-electron chi connectivity index (χ3n) is 2.34. The Kier molecular flexibility index (Phi) is 58.6. The zero-order chi connectivity index (χ0) is 25.4. The van der Waals surface area contributed by atoms with Gasteiger partial charge in [0.25, 0.3) is 0 Å². The topological polar surface area (TPSA) is 115 Å². The summed E-state index contributed by atoms with van der Waals surface area (Å²) >= 11 is 0. The zero-order valence-electron chi connectivity index (χ0n) is 25.4. The molecule has 204 valence electrons. The number of aldehydes is 1. The Labute approximate surface area is 304 Å². The largest absolute Gasteiger partial charge is 1.00 e. The van der Waals surface area contributed by atoms with Crippen molar-refractivity contribution >= 4 is 12.7 Å². The molecule has 0 unspecified atom stereocenters. The second kappa shape index (κ2) is 35.3. The molecule has 0 aliphatic rings. The maximum absolute atomic E-state index is 9.11. The first-order valence-corrected chi connectivity index (χ1v) is 9.79. The van der Waals surface area contributed by atoms with E-state index in [2.05, 4.69) is 93.7 Å². The van der Waals surface area contributed by atoms with Crippen LogP contribution in [-0.2, 0) is 9.59 Å². The fraction of sp³-hybridized carbons (Fsp3) is 0.923. The van der Waals surface area contributed by atoms with Gasteiger partial charge in [-0.05, 0) is 6.92 Å². The summed E-state index contributed by atoms with van der Waals surface area (Å²) in [7, 11) is 0. The third-order valence-corrected chi connectivity index (χ3v) is 2.34. The molecule has 0 aromatic rings. The van der Waals surface area contributed by atoms with Gasteiger partial charge in [0.15, 0.2) is 0 Å². The quantitative estimate of drug-likeness (QED) is 0.388. The third kappa shape index (κ3) is 114. The molecule has 0 heterocycles. The fourth-order valence-corrected chi connectivity index (χ4v) is 1.45. The SMILES string of the molecule is C.C.C.CC(C)(C)C[N-]CC(C)(C)C.CC(C)(C)C[N-]CC(C)(C)C.[3H]C(=O)[O-].[3H]C(C)=O.[K+].[K+].[OH-]. The molecule has 1 N–H and O–H groups in total. The van der Waals surface area contributed by atoms with Crippen molar-refractivity contribution in [2.24, 2.45) is 21.7 Å². The van der Waals surface area contributed by atoms with E-state index in [1.807, 2.05) is 0 Å². The predicted octanol–water partition coefficient (Wildman–Crippen LogP) is 1.22. The number of hydrogen-bond donors (Lipinski definition) is 0. The Morgan fingerprint density at radius 3 is 0.765 bits per heavy atom. The first-order valence-electron chi connectivity index (χ1n) is 10.8. The van der Waals surface area contributed by atoms with Gasteiger partial charge in [-0.3, -0.25) is 0 Å². The minimum Gasteiger partial charge on any atom is -0.870 e. The Bertz CT molecular complexity index is 379. The second-order valence-corrected chi connectivity index (χ2v) is 11.6. The summed E-state index contributed by atoms with van der Waals surface area (Å²) in [5.74, 6) is 0. The minimum absolute atomic E-state index is 0. The molecule has 0 radical (unpaired) electrons. The van der Waals surface area contributed by atoms with Gasteiger partial charge in [-0.1, -0.05) is 127 Å². The molecule has 0 rings (SSSR count). The van der Waals surface area contributed by atoms with E-state index in [4.69, 9.17) is 17.4 Å². The van der Waals surface area contributed by atoms with Crippen LogP contribution in [0.15, 0.2) is 0 Å². The number of rotatable bonds is 4. The number of carbonyl (C=O) groups excluding carboxylic acids is 2. The average molecular weight is 549 g/mol. The van der Waals surface area contributed by atoms with E-state index < -0.39 is 12.7 Å². The van der Waals surface area contributed by atoms with E-state index in [0.29, 0.717) is 21.7 Å². The molecule has 0 saturated heterocycles. The Morgan fingerprint density at radius 1 is 0.618 bits per heavy atom. The molecule has 0 aromatic carbocycles. The van der Waals surface area contributed by atoms with Gasteiger partial charge in [0, 0.05) is 6.45 Å². The van der Waals surface area contributed by atoms with Crippen molar-refractivity contribution in [3.8, 4) is 0 Å². The summed E-state index contributed by atoms with van der Waals surface area (Å²) in [6, 6.07) is 0. The second-order valence-electron chi connectivity index (χ2n) is 11.6. The summed E-state index contributed by atoms with van der Waals surface area (Å²) in [4.78, 5) is 17.7. The summed E-state index contributed by atoms with van der Waals surface area (Å²) in [5.41, 5.74) is 1.41. The Balaban J connectivity index is -0.0000000321. The molecule has 0 fully saturated rings. The predicted molar refractivity (Wildman–Crippen MR) is 144 cm³/mol. The van der Waals surface area contributed by atoms with E-state index in [1.54, 1.807) is 0 Å². The Morgan fingerprint density at radius 2 is 0.706 bits per heavy atom. The summed E-state index contributed by atoms with van der Waals surface area (Å²) in [6.07, 6.45) is -2.42. The van der Waals surface area contributed by atoms with E-state index >= 15 is 0 Å². The van der Waals surface area contributed by atoms with Gasteiger partial charge in [0.2, 0.25) is 0 Å². The normalized spacial score (nSPS) is 10.4. The van der Waals surface area contributed by atoms with Crippen LogP contribution in [0.25, 0.3) is 10.6 Å². The molecule has 34 heavy (non-hydrogen) atoms. The van der Waals surface area contributed by atoms with Crippen LogP contribution in [0.2, 0.25) is 0 Å². The van der Waals surface area contributed by atoms with E-state index in [9.17, 15) is 0 Å². The van der Waals surface area contributed by atoms with Crippen LogP contribution < -0.4 is 108 Å². The first-order chi connectivity index (χ1) is 12.9. The van der Waals surface area contributed by atoms with E-state index in [-0.39, 0.29) is 131 Å². The standard InChI is InChI=1S/2C10H22N.C2H4O.CH2O2.3CH4.2K.H2O/c2*1-9(2,3)7-11-8-10(4,5)6;1-2-3;2-1-3;;;;;;/h2*7-8H2,1-6H3;2H,1H3;1H,(H,2,3);3*1H4;;;1H2/q2*-1;;;;;;2*+1;/p-2/i;;2T;1T;;;;;;. The molecule has 0 saturated carbocycles. The van der Waals surface area contributed by atoms with Crippen LogP contribution in [0.1, 0.15) is 115 Å². The van der Waals surface area contributed by atoms with Gasteiger partial charge in [-0.15, -0.1) is 26.2 Å². The van der Waals surface area contributed by atoms with Crippen LogP contribution in [0.5, 0.6) is 0 Å². The maximum atomic E-state index is 9.11. The molecule has 0 atom stereocenters. The molecular weight excluding hydrogens is 482 g/mol. The first kappa shape index (κ1) is 56.5. The molecule has 6 nitrogen and oxygen atoms in total. The summed E-state index contributed by atoms with van der Waals surface area (Å²) in [5, 5.41) is 17.6. The number of carboxylic acid groups (broad SMARTS) is 1. The van der Waals surface area contributed by atoms with E-state index in [1.165, 1.54) is 6.92 Å². The molecule has 0 amide bonds. The van der Waals surface area contributed by atoms with Crippen LogP contribution in [-0.4, -0.2) is 44.4 Å². The number of nitrogens with zero attached hydrogens (tertiary/aromatic N) is 2. The molecule has 8 heteroatoms. The van der Waals surface area contributed by atoms with Gasteiger partial charge in [-0.2, -0.15) is 0 Å². The molecule has 0 bridgehead atoms. The molecule has 0 aliphatic carbocycles. The minimum atomic E-state index is -1.83. The van der Waals surface area contributed by atoms with E-state index in [0.717, 1.165) is 26.2 Å². The molecule has 0 aromatic heterocycles. The average Bonchev–Trinajstić information content (AvgIpc) is 2.30. The van der Waals surface area contributed by atoms with Gasteiger partial charge >= 0.3 is 103 Å². The fourth-order valence-electron chi connectivity index (χ4n) is 1.45. The van der Waals surface area contributed by atoms with Crippen LogP contribution in [0.4, 0.5) is 0 Å². The summed E-state index contributed by atoms with van der Waals surface area (Å²) < 4.78 is 11.3. The van der Waals surface area contributed by atoms with Crippen molar-refractivity contribution in [1.29, 1.82) is 0 Å². The van der Waals surface area contributed by atoms with Crippen molar-refractivity contribution in [1.82, 2.24) is 0 Å². The smallest absolute Gasteiger partial charge is 0.870 e.